The molecular formula is C23H20O5. The number of Topliss-reactive ketones (excluding diaryl/α,β-unsaturated/α-hetero) is 1. The Kier molecular flexibility index (Phi) is 5.64. The number of carbonyl (C=O) groups is 4. The lowest BCUT2D eigenvalue weighted by atomic mass is 9.83. The van der Waals surface area contributed by atoms with E-state index >= 15 is 0 Å². The molecule has 28 heavy (non-hydrogen) atoms. The van der Waals surface area contributed by atoms with Crippen LogP contribution >= 0.6 is 0 Å². The van der Waals surface area contributed by atoms with Gasteiger partial charge in [-0.2, -0.15) is 0 Å². The summed E-state index contributed by atoms with van der Waals surface area (Å²) in [6.07, 6.45) is 0.842. The number of fused-ring (bicyclic) bond motifs is 2. The number of esters is 1. The van der Waals surface area contributed by atoms with Crippen LogP contribution < -0.4 is 0 Å². The molecular weight excluding hydrogens is 356 g/mol. The molecule has 0 spiro atoms. The number of ether oxygens (including phenoxy) is 1. The lowest BCUT2D eigenvalue weighted by Crippen LogP contribution is -2.21. The molecule has 2 aromatic carbocycles. The zero-order chi connectivity index (χ0) is 20.3. The van der Waals surface area contributed by atoms with Crippen LogP contribution in [0.3, 0.4) is 0 Å². The van der Waals surface area contributed by atoms with E-state index in [2.05, 4.69) is 6.58 Å². The minimum Gasteiger partial charge on any atom is -0.462 e. The molecule has 142 valence electrons. The van der Waals surface area contributed by atoms with Crippen LogP contribution in [0.1, 0.15) is 57.2 Å². The van der Waals surface area contributed by atoms with Crippen LogP contribution in [-0.4, -0.2) is 29.9 Å². The van der Waals surface area contributed by atoms with Crippen molar-refractivity contribution in [2.24, 2.45) is 0 Å². The highest BCUT2D eigenvalue weighted by molar-refractivity contribution is 6.28. The van der Waals surface area contributed by atoms with Crippen molar-refractivity contribution >= 4 is 23.3 Å². The normalized spacial score (nSPS) is 12.2. The first kappa shape index (κ1) is 19.4. The molecule has 0 fully saturated rings. The fraction of sp³-hybridized carbons (Fsp3) is 0.217. The van der Waals surface area contributed by atoms with E-state index in [0.717, 1.165) is 0 Å². The van der Waals surface area contributed by atoms with Crippen molar-refractivity contribution in [3.8, 4) is 0 Å². The molecule has 1 aliphatic carbocycles. The van der Waals surface area contributed by atoms with E-state index in [1.54, 1.807) is 49.4 Å². The molecule has 0 amide bonds. The molecule has 0 N–H and O–H groups in total. The smallest absolute Gasteiger partial charge is 0.333 e. The summed E-state index contributed by atoms with van der Waals surface area (Å²) in [5.74, 6) is -0.875. The molecule has 3 rings (SSSR count). The predicted molar refractivity (Wildman–Crippen MR) is 103 cm³/mol. The molecule has 0 bridgehead atoms. The van der Waals surface area contributed by atoms with Crippen LogP contribution in [0.25, 0.3) is 0 Å². The van der Waals surface area contributed by atoms with Crippen LogP contribution in [0, 0.1) is 0 Å². The molecule has 0 aliphatic heterocycles. The van der Waals surface area contributed by atoms with Crippen molar-refractivity contribution in [3.05, 3.63) is 82.4 Å². The molecule has 0 heterocycles. The fourth-order valence-electron chi connectivity index (χ4n) is 3.13. The van der Waals surface area contributed by atoms with Crippen LogP contribution in [0.4, 0.5) is 0 Å². The molecule has 0 unspecified atom stereocenters. The van der Waals surface area contributed by atoms with Gasteiger partial charge in [0.1, 0.15) is 5.78 Å². The second kappa shape index (κ2) is 8.13. The highest BCUT2D eigenvalue weighted by Crippen LogP contribution is 2.28. The Balaban J connectivity index is 1.65. The summed E-state index contributed by atoms with van der Waals surface area (Å²) in [5.41, 5.74) is 2.51. The Bertz CT molecular complexity index is 1000. The van der Waals surface area contributed by atoms with Crippen LogP contribution in [0.5, 0.6) is 0 Å². The average Bonchev–Trinajstić information content (AvgIpc) is 2.69. The van der Waals surface area contributed by atoms with Gasteiger partial charge >= 0.3 is 5.97 Å². The van der Waals surface area contributed by atoms with Crippen LogP contribution in [0.15, 0.2) is 54.6 Å². The SMILES string of the molecule is C=C(C)C(=O)OCCCC(=O)Cc1ccc2c(c1)C(=O)c1ccccc1C2=O. The third-order valence-corrected chi connectivity index (χ3v) is 4.57. The summed E-state index contributed by atoms with van der Waals surface area (Å²) in [5, 5.41) is 0. The molecule has 1 aliphatic rings. The fourth-order valence-corrected chi connectivity index (χ4v) is 3.13. The number of hydrogen-bond acceptors (Lipinski definition) is 5. The van der Waals surface area contributed by atoms with Crippen LogP contribution in [-0.2, 0) is 20.7 Å². The Morgan fingerprint density at radius 2 is 1.54 bits per heavy atom. The van der Waals surface area contributed by atoms with E-state index in [1.807, 2.05) is 0 Å². The van der Waals surface area contributed by atoms with Gasteiger partial charge in [0, 0.05) is 40.7 Å². The van der Waals surface area contributed by atoms with E-state index in [0.29, 0.717) is 39.8 Å². The Labute approximate surface area is 163 Å². The van der Waals surface area contributed by atoms with E-state index in [9.17, 15) is 19.2 Å². The molecule has 0 saturated heterocycles. The van der Waals surface area contributed by atoms with Crippen LogP contribution in [0.2, 0.25) is 0 Å². The second-order valence-electron chi connectivity index (χ2n) is 6.82. The van der Waals surface area contributed by atoms with Crippen molar-refractivity contribution in [1.82, 2.24) is 0 Å². The van der Waals surface area contributed by atoms with Crippen molar-refractivity contribution in [2.45, 2.75) is 26.2 Å². The van der Waals surface area contributed by atoms with Gasteiger partial charge < -0.3 is 4.74 Å². The molecule has 0 saturated carbocycles. The van der Waals surface area contributed by atoms with Crippen molar-refractivity contribution < 1.29 is 23.9 Å². The maximum atomic E-state index is 12.7. The lowest BCUT2D eigenvalue weighted by Gasteiger charge is -2.18. The Morgan fingerprint density at radius 1 is 0.929 bits per heavy atom. The summed E-state index contributed by atoms with van der Waals surface area (Å²) >= 11 is 0. The zero-order valence-corrected chi connectivity index (χ0v) is 15.6. The van der Waals surface area contributed by atoms with E-state index in [1.165, 1.54) is 0 Å². The summed E-state index contributed by atoms with van der Waals surface area (Å²) in [7, 11) is 0. The van der Waals surface area contributed by atoms with Crippen molar-refractivity contribution in [3.63, 3.8) is 0 Å². The lowest BCUT2D eigenvalue weighted by molar-refractivity contribution is -0.139. The highest BCUT2D eigenvalue weighted by Gasteiger charge is 2.29. The molecule has 0 atom stereocenters. The number of hydrogen-bond donors (Lipinski definition) is 0. The second-order valence-corrected chi connectivity index (χ2v) is 6.82. The van der Waals surface area contributed by atoms with E-state index < -0.39 is 5.97 Å². The van der Waals surface area contributed by atoms with Crippen molar-refractivity contribution in [1.29, 1.82) is 0 Å². The molecule has 0 aromatic heterocycles. The van der Waals surface area contributed by atoms with E-state index in [4.69, 9.17) is 4.74 Å². The standard InChI is InChI=1S/C23H20O5/c1-14(2)23(27)28-11-5-6-16(24)12-15-9-10-19-20(13-15)22(26)18-8-4-3-7-17(18)21(19)25/h3-4,7-10,13H,1,5-6,11-12H2,2H3. The zero-order valence-electron chi connectivity index (χ0n) is 15.6. The van der Waals surface area contributed by atoms with Gasteiger partial charge in [-0.05, 0) is 25.0 Å². The van der Waals surface area contributed by atoms with Gasteiger partial charge in [0.05, 0.1) is 6.61 Å². The van der Waals surface area contributed by atoms with E-state index in [-0.39, 0.29) is 36.8 Å². The van der Waals surface area contributed by atoms with Gasteiger partial charge in [0.25, 0.3) is 0 Å². The van der Waals surface area contributed by atoms with Gasteiger partial charge in [-0.15, -0.1) is 0 Å². The van der Waals surface area contributed by atoms with Gasteiger partial charge in [-0.25, -0.2) is 4.79 Å². The van der Waals surface area contributed by atoms with Gasteiger partial charge in [-0.1, -0.05) is 43.0 Å². The highest BCUT2D eigenvalue weighted by atomic mass is 16.5. The molecule has 5 nitrogen and oxygen atoms in total. The topological polar surface area (TPSA) is 77.5 Å². The first-order chi connectivity index (χ1) is 13.4. The van der Waals surface area contributed by atoms with Gasteiger partial charge in [0.15, 0.2) is 11.6 Å². The minimum atomic E-state index is -0.467. The largest absolute Gasteiger partial charge is 0.462 e. The summed E-state index contributed by atoms with van der Waals surface area (Å²) in [4.78, 5) is 48.8. The van der Waals surface area contributed by atoms with Crippen molar-refractivity contribution in [2.75, 3.05) is 6.61 Å². The summed E-state index contributed by atoms with van der Waals surface area (Å²) < 4.78 is 4.96. The van der Waals surface area contributed by atoms with Gasteiger partial charge in [-0.3, -0.25) is 14.4 Å². The number of rotatable bonds is 7. The number of ketones is 3. The maximum Gasteiger partial charge on any atom is 0.333 e. The molecule has 2 aromatic rings. The Morgan fingerprint density at radius 3 is 2.18 bits per heavy atom. The maximum absolute atomic E-state index is 12.7. The molecule has 5 heteroatoms. The predicted octanol–water partition coefficient (Wildman–Crippen LogP) is 3.47. The third kappa shape index (κ3) is 3.98. The Hall–Kier alpha value is -3.34. The number of carbonyl (C=O) groups excluding carboxylic acids is 4. The van der Waals surface area contributed by atoms with Gasteiger partial charge in [0.2, 0.25) is 0 Å². The first-order valence-electron chi connectivity index (χ1n) is 9.04. The number of benzene rings is 2. The quantitative estimate of drug-likeness (QED) is 0.358. The summed E-state index contributed by atoms with van der Waals surface area (Å²) in [6, 6.07) is 11.7. The third-order valence-electron chi connectivity index (χ3n) is 4.57. The first-order valence-corrected chi connectivity index (χ1v) is 9.04. The monoisotopic (exact) mass is 376 g/mol. The summed E-state index contributed by atoms with van der Waals surface area (Å²) in [6.45, 7) is 5.21. The average molecular weight is 376 g/mol. The minimum absolute atomic E-state index is 0.0266. The molecule has 0 radical (unpaired) electrons.